The number of hydrogen-bond donors (Lipinski definition) is 2. The van der Waals surface area contributed by atoms with Crippen molar-refractivity contribution in [3.8, 4) is 11.5 Å². The van der Waals surface area contributed by atoms with Gasteiger partial charge in [0, 0.05) is 5.56 Å². The summed E-state index contributed by atoms with van der Waals surface area (Å²) >= 11 is 0. The van der Waals surface area contributed by atoms with Crippen molar-refractivity contribution in [2.45, 2.75) is 58.8 Å². The van der Waals surface area contributed by atoms with Crippen LogP contribution in [0.4, 0.5) is 0 Å². The van der Waals surface area contributed by atoms with Crippen LogP contribution in [0.25, 0.3) is 0 Å². The van der Waals surface area contributed by atoms with Crippen LogP contribution in [-0.2, 0) is 4.84 Å². The zero-order valence-electron chi connectivity index (χ0n) is 13.1. The zero-order valence-corrected chi connectivity index (χ0v) is 13.1. The second-order valence-electron chi connectivity index (χ2n) is 5.18. The third kappa shape index (κ3) is 6.52. The van der Waals surface area contributed by atoms with E-state index in [4.69, 9.17) is 4.84 Å². The Hall–Kier alpha value is -1.71. The molecule has 2 N–H and O–H groups in total. The summed E-state index contributed by atoms with van der Waals surface area (Å²) in [5.74, 6) is -0.242. The van der Waals surface area contributed by atoms with E-state index >= 15 is 0 Å². The number of unbranched alkanes of at least 4 members (excludes halogenated alkanes) is 5. The van der Waals surface area contributed by atoms with Gasteiger partial charge in [0.25, 0.3) is 0 Å². The Labute approximate surface area is 127 Å². The Morgan fingerprint density at radius 1 is 1.00 bits per heavy atom. The molecule has 0 atom stereocenters. The fourth-order valence-electron chi connectivity index (χ4n) is 2.16. The standard InChI is InChI=1S/C17H27NO3/c1-3-5-6-7-8-9-10-15(18-21-4-2)14-11-12-16(19)17(20)13-14/h11-13,19-20H,3-10H2,1-2H3/b18-15-. The van der Waals surface area contributed by atoms with Crippen LogP contribution in [0.3, 0.4) is 0 Å². The largest absolute Gasteiger partial charge is 0.504 e. The van der Waals surface area contributed by atoms with Crippen molar-refractivity contribution in [2.75, 3.05) is 6.61 Å². The van der Waals surface area contributed by atoms with Gasteiger partial charge in [-0.05, 0) is 38.0 Å². The van der Waals surface area contributed by atoms with Crippen LogP contribution in [0.5, 0.6) is 11.5 Å². The van der Waals surface area contributed by atoms with Crippen molar-refractivity contribution in [1.29, 1.82) is 0 Å². The number of phenolic OH excluding ortho intramolecular Hbond substituents is 2. The number of phenols is 2. The first-order valence-corrected chi connectivity index (χ1v) is 7.90. The van der Waals surface area contributed by atoms with E-state index < -0.39 is 0 Å². The summed E-state index contributed by atoms with van der Waals surface area (Å²) in [5.41, 5.74) is 1.62. The molecular formula is C17H27NO3. The molecule has 0 aliphatic rings. The molecule has 0 amide bonds. The third-order valence-corrected chi connectivity index (χ3v) is 3.38. The van der Waals surface area contributed by atoms with Gasteiger partial charge in [-0.2, -0.15) is 0 Å². The smallest absolute Gasteiger partial charge is 0.158 e. The van der Waals surface area contributed by atoms with Gasteiger partial charge in [0.1, 0.15) is 6.61 Å². The van der Waals surface area contributed by atoms with E-state index in [9.17, 15) is 10.2 Å². The van der Waals surface area contributed by atoms with Crippen molar-refractivity contribution >= 4 is 5.71 Å². The molecule has 1 aromatic rings. The summed E-state index contributed by atoms with van der Waals surface area (Å²) in [5, 5.41) is 23.1. The maximum Gasteiger partial charge on any atom is 0.158 e. The van der Waals surface area contributed by atoms with Gasteiger partial charge in [-0.1, -0.05) is 44.2 Å². The Bertz CT molecular complexity index is 444. The molecule has 1 aromatic carbocycles. The van der Waals surface area contributed by atoms with Crippen molar-refractivity contribution in [2.24, 2.45) is 5.16 Å². The van der Waals surface area contributed by atoms with Crippen LogP contribution in [0.2, 0.25) is 0 Å². The average molecular weight is 293 g/mol. The van der Waals surface area contributed by atoms with E-state index in [-0.39, 0.29) is 11.5 Å². The zero-order chi connectivity index (χ0) is 15.5. The predicted molar refractivity (Wildman–Crippen MR) is 85.9 cm³/mol. The molecule has 1 rings (SSSR count). The number of benzene rings is 1. The van der Waals surface area contributed by atoms with E-state index in [1.807, 2.05) is 6.92 Å². The van der Waals surface area contributed by atoms with Crippen molar-refractivity contribution in [1.82, 2.24) is 0 Å². The highest BCUT2D eigenvalue weighted by Gasteiger charge is 2.08. The number of nitrogens with zero attached hydrogens (tertiary/aromatic N) is 1. The lowest BCUT2D eigenvalue weighted by Crippen LogP contribution is -2.02. The third-order valence-electron chi connectivity index (χ3n) is 3.38. The first kappa shape index (κ1) is 17.3. The molecule has 0 aliphatic carbocycles. The summed E-state index contributed by atoms with van der Waals surface area (Å²) < 4.78 is 0. The van der Waals surface area contributed by atoms with Gasteiger partial charge < -0.3 is 15.1 Å². The molecule has 0 unspecified atom stereocenters. The SMILES string of the molecule is CCCCCCCC/C(=N/OCC)c1ccc(O)c(O)c1. The van der Waals surface area contributed by atoms with Crippen molar-refractivity contribution in [3.05, 3.63) is 23.8 Å². The van der Waals surface area contributed by atoms with Crippen LogP contribution in [0, 0.1) is 0 Å². The lowest BCUT2D eigenvalue weighted by molar-refractivity contribution is 0.158. The summed E-state index contributed by atoms with van der Waals surface area (Å²) in [6.45, 7) is 4.62. The van der Waals surface area contributed by atoms with Gasteiger partial charge in [0.2, 0.25) is 0 Å². The normalized spacial score (nSPS) is 11.6. The van der Waals surface area contributed by atoms with Crippen LogP contribution >= 0.6 is 0 Å². The van der Waals surface area contributed by atoms with Crippen LogP contribution < -0.4 is 0 Å². The number of aromatic hydroxyl groups is 2. The number of rotatable bonds is 10. The Balaban J connectivity index is 2.57. The minimum absolute atomic E-state index is 0.117. The summed E-state index contributed by atoms with van der Waals surface area (Å²) in [6.07, 6.45) is 8.13. The summed E-state index contributed by atoms with van der Waals surface area (Å²) in [4.78, 5) is 5.16. The Morgan fingerprint density at radius 2 is 1.71 bits per heavy atom. The Kier molecular flexibility index (Phi) is 8.32. The fourth-order valence-corrected chi connectivity index (χ4v) is 2.16. The van der Waals surface area contributed by atoms with Gasteiger partial charge in [0.15, 0.2) is 11.5 Å². The van der Waals surface area contributed by atoms with Crippen LogP contribution in [-0.4, -0.2) is 22.5 Å². The molecule has 4 heteroatoms. The van der Waals surface area contributed by atoms with Gasteiger partial charge >= 0.3 is 0 Å². The molecular weight excluding hydrogens is 266 g/mol. The average Bonchev–Trinajstić information content (AvgIpc) is 2.49. The number of hydrogen-bond acceptors (Lipinski definition) is 4. The highest BCUT2D eigenvalue weighted by Crippen LogP contribution is 2.26. The van der Waals surface area contributed by atoms with Gasteiger partial charge in [-0.3, -0.25) is 0 Å². The molecule has 0 radical (unpaired) electrons. The lowest BCUT2D eigenvalue weighted by Gasteiger charge is -2.08. The first-order valence-electron chi connectivity index (χ1n) is 7.90. The van der Waals surface area contributed by atoms with E-state index in [0.717, 1.165) is 24.1 Å². The molecule has 21 heavy (non-hydrogen) atoms. The van der Waals surface area contributed by atoms with Crippen LogP contribution in [0.1, 0.15) is 64.4 Å². The highest BCUT2D eigenvalue weighted by molar-refractivity contribution is 6.00. The van der Waals surface area contributed by atoms with E-state index in [2.05, 4.69) is 12.1 Å². The Morgan fingerprint density at radius 3 is 2.38 bits per heavy atom. The van der Waals surface area contributed by atoms with Gasteiger partial charge in [-0.15, -0.1) is 0 Å². The maximum atomic E-state index is 9.60. The topological polar surface area (TPSA) is 62.0 Å². The lowest BCUT2D eigenvalue weighted by atomic mass is 10.0. The minimum atomic E-state index is -0.125. The fraction of sp³-hybridized carbons (Fsp3) is 0.588. The van der Waals surface area contributed by atoms with Gasteiger partial charge in [0.05, 0.1) is 5.71 Å². The molecule has 0 saturated heterocycles. The second-order valence-corrected chi connectivity index (χ2v) is 5.18. The molecule has 0 aliphatic heterocycles. The monoisotopic (exact) mass is 293 g/mol. The molecule has 118 valence electrons. The predicted octanol–water partition coefficient (Wildman–Crippen LogP) is 4.59. The van der Waals surface area contributed by atoms with Gasteiger partial charge in [-0.25, -0.2) is 0 Å². The van der Waals surface area contributed by atoms with E-state index in [1.165, 1.54) is 44.2 Å². The van der Waals surface area contributed by atoms with E-state index in [1.54, 1.807) is 6.07 Å². The van der Waals surface area contributed by atoms with E-state index in [0.29, 0.717) is 6.61 Å². The number of oxime groups is 1. The molecule has 4 nitrogen and oxygen atoms in total. The van der Waals surface area contributed by atoms with Crippen molar-refractivity contribution in [3.63, 3.8) is 0 Å². The molecule has 0 bridgehead atoms. The first-order chi connectivity index (χ1) is 10.2. The maximum absolute atomic E-state index is 9.60. The molecule has 0 spiro atoms. The second kappa shape index (κ2) is 10.1. The molecule has 0 fully saturated rings. The van der Waals surface area contributed by atoms with Crippen LogP contribution in [0.15, 0.2) is 23.4 Å². The summed E-state index contributed by atoms with van der Waals surface area (Å²) in [7, 11) is 0. The van der Waals surface area contributed by atoms with Crippen molar-refractivity contribution < 1.29 is 15.1 Å². The molecule has 0 saturated carbocycles. The minimum Gasteiger partial charge on any atom is -0.504 e. The quantitative estimate of drug-likeness (QED) is 0.287. The molecule has 0 heterocycles. The molecule has 0 aromatic heterocycles. The summed E-state index contributed by atoms with van der Waals surface area (Å²) in [6, 6.07) is 4.77. The highest BCUT2D eigenvalue weighted by atomic mass is 16.6.